The van der Waals surface area contributed by atoms with Gasteiger partial charge in [-0.2, -0.15) is 0 Å². The zero-order valence-electron chi connectivity index (χ0n) is 13.7. The van der Waals surface area contributed by atoms with Crippen LogP contribution >= 0.6 is 0 Å². The van der Waals surface area contributed by atoms with E-state index in [2.05, 4.69) is 41.5 Å². The molecule has 118 valence electrons. The van der Waals surface area contributed by atoms with Gasteiger partial charge in [-0.1, -0.05) is 20.8 Å². The third kappa shape index (κ3) is 3.63. The molecule has 0 unspecified atom stereocenters. The van der Waals surface area contributed by atoms with Crippen molar-refractivity contribution in [3.8, 4) is 0 Å². The molecule has 1 saturated carbocycles. The van der Waals surface area contributed by atoms with Crippen LogP contribution in [0.15, 0.2) is 0 Å². The third-order valence-electron chi connectivity index (χ3n) is 3.79. The standard InChI is InChI=1S/C15H27N5O/c1-6-21-11-7-10(8-11)17-12-9(2)13(20-16)19-14(18-12)15(3,4)5/h10-11H,6-8,16H2,1-5H3,(H2,17,18,19,20). The van der Waals surface area contributed by atoms with Gasteiger partial charge < -0.3 is 15.5 Å². The SMILES string of the molecule is CCOC1CC(Nc2nc(C(C)(C)C)nc(NN)c2C)C1. The number of rotatable bonds is 5. The average Bonchev–Trinajstić information content (AvgIpc) is 2.37. The molecular formula is C15H27N5O. The number of nitrogens with zero attached hydrogens (tertiary/aromatic N) is 2. The van der Waals surface area contributed by atoms with Gasteiger partial charge in [0.25, 0.3) is 0 Å². The highest BCUT2D eigenvalue weighted by molar-refractivity contribution is 5.57. The van der Waals surface area contributed by atoms with Crippen LogP contribution in [0.4, 0.5) is 11.6 Å². The first-order valence-electron chi connectivity index (χ1n) is 7.59. The third-order valence-corrected chi connectivity index (χ3v) is 3.79. The number of nitrogen functional groups attached to an aromatic ring is 1. The van der Waals surface area contributed by atoms with E-state index in [1.54, 1.807) is 0 Å². The second-order valence-electron chi connectivity index (χ2n) is 6.65. The monoisotopic (exact) mass is 293 g/mol. The van der Waals surface area contributed by atoms with Gasteiger partial charge in [-0.3, -0.25) is 0 Å². The fourth-order valence-corrected chi connectivity index (χ4v) is 2.38. The Hall–Kier alpha value is -1.40. The summed E-state index contributed by atoms with van der Waals surface area (Å²) < 4.78 is 5.59. The minimum atomic E-state index is -0.122. The summed E-state index contributed by atoms with van der Waals surface area (Å²) in [5.74, 6) is 7.91. The lowest BCUT2D eigenvalue weighted by Crippen LogP contribution is -2.41. The summed E-state index contributed by atoms with van der Waals surface area (Å²) in [6.07, 6.45) is 2.42. The predicted octanol–water partition coefficient (Wildman–Crippen LogP) is 2.35. The van der Waals surface area contributed by atoms with Crippen molar-refractivity contribution in [3.63, 3.8) is 0 Å². The maximum Gasteiger partial charge on any atom is 0.148 e. The minimum Gasteiger partial charge on any atom is -0.378 e. The molecule has 6 heteroatoms. The first-order valence-corrected chi connectivity index (χ1v) is 7.59. The smallest absolute Gasteiger partial charge is 0.148 e. The maximum atomic E-state index is 5.59. The van der Waals surface area contributed by atoms with Crippen molar-refractivity contribution >= 4 is 11.6 Å². The summed E-state index contributed by atoms with van der Waals surface area (Å²) >= 11 is 0. The first kappa shape index (κ1) is 16.0. The van der Waals surface area contributed by atoms with Crippen molar-refractivity contribution in [2.24, 2.45) is 5.84 Å². The Bertz CT molecular complexity index is 492. The molecule has 0 saturated heterocycles. The molecule has 0 bridgehead atoms. The zero-order chi connectivity index (χ0) is 15.6. The van der Waals surface area contributed by atoms with Gasteiger partial charge in [0.05, 0.1) is 6.10 Å². The summed E-state index contributed by atoms with van der Waals surface area (Å²) in [6.45, 7) is 11.1. The van der Waals surface area contributed by atoms with E-state index >= 15 is 0 Å². The Kier molecular flexibility index (Phi) is 4.68. The minimum absolute atomic E-state index is 0.122. The first-order chi connectivity index (χ1) is 9.85. The fourth-order valence-electron chi connectivity index (χ4n) is 2.38. The van der Waals surface area contributed by atoms with Crippen LogP contribution in [0, 0.1) is 6.92 Å². The van der Waals surface area contributed by atoms with Crippen LogP contribution in [0.3, 0.4) is 0 Å². The quantitative estimate of drug-likeness (QED) is 0.571. The van der Waals surface area contributed by atoms with E-state index in [4.69, 9.17) is 10.6 Å². The number of anilines is 2. The predicted molar refractivity (Wildman–Crippen MR) is 85.3 cm³/mol. The molecular weight excluding hydrogens is 266 g/mol. The van der Waals surface area contributed by atoms with Gasteiger partial charge in [0.1, 0.15) is 17.5 Å². The van der Waals surface area contributed by atoms with Crippen LogP contribution in [-0.2, 0) is 10.2 Å². The summed E-state index contributed by atoms with van der Waals surface area (Å²) in [6, 6.07) is 0.411. The normalized spacial score (nSPS) is 21.8. The van der Waals surface area contributed by atoms with Crippen LogP contribution in [0.5, 0.6) is 0 Å². The number of hydrogen-bond acceptors (Lipinski definition) is 6. The molecule has 1 aromatic heterocycles. The van der Waals surface area contributed by atoms with Crippen LogP contribution in [0.1, 0.15) is 51.9 Å². The Labute approximate surface area is 126 Å². The van der Waals surface area contributed by atoms with Gasteiger partial charge >= 0.3 is 0 Å². The number of aromatic nitrogens is 2. The van der Waals surface area contributed by atoms with E-state index < -0.39 is 0 Å². The molecule has 0 spiro atoms. The molecule has 0 radical (unpaired) electrons. The highest BCUT2D eigenvalue weighted by atomic mass is 16.5. The van der Waals surface area contributed by atoms with Crippen LogP contribution < -0.4 is 16.6 Å². The Balaban J connectivity index is 2.15. The molecule has 0 aliphatic heterocycles. The molecule has 0 atom stereocenters. The highest BCUT2D eigenvalue weighted by Gasteiger charge is 2.31. The molecule has 6 nitrogen and oxygen atoms in total. The largest absolute Gasteiger partial charge is 0.378 e. The average molecular weight is 293 g/mol. The summed E-state index contributed by atoms with van der Waals surface area (Å²) in [5.41, 5.74) is 3.50. The second-order valence-corrected chi connectivity index (χ2v) is 6.65. The molecule has 4 N–H and O–H groups in total. The number of hydrazine groups is 1. The summed E-state index contributed by atoms with van der Waals surface area (Å²) in [7, 11) is 0. The molecule has 2 rings (SSSR count). The van der Waals surface area contributed by atoms with Crippen molar-refractivity contribution in [2.75, 3.05) is 17.3 Å². The van der Waals surface area contributed by atoms with E-state index in [-0.39, 0.29) is 5.41 Å². The molecule has 0 aromatic carbocycles. The second kappa shape index (κ2) is 6.15. The molecule has 1 aromatic rings. The van der Waals surface area contributed by atoms with Crippen molar-refractivity contribution in [2.45, 2.75) is 65.0 Å². The number of nitrogens with one attached hydrogen (secondary N) is 2. The van der Waals surface area contributed by atoms with Crippen molar-refractivity contribution in [1.29, 1.82) is 0 Å². The van der Waals surface area contributed by atoms with Crippen molar-refractivity contribution in [3.05, 3.63) is 11.4 Å². The van der Waals surface area contributed by atoms with Gasteiger partial charge in [0.2, 0.25) is 0 Å². The van der Waals surface area contributed by atoms with E-state index in [1.807, 2.05) is 13.8 Å². The topological polar surface area (TPSA) is 85.1 Å². The van der Waals surface area contributed by atoms with E-state index in [0.29, 0.717) is 18.0 Å². The zero-order valence-corrected chi connectivity index (χ0v) is 13.7. The van der Waals surface area contributed by atoms with Gasteiger partial charge in [-0.15, -0.1) is 0 Å². The summed E-state index contributed by atoms with van der Waals surface area (Å²) in [5, 5.41) is 3.50. The summed E-state index contributed by atoms with van der Waals surface area (Å²) in [4.78, 5) is 9.19. The molecule has 1 fully saturated rings. The van der Waals surface area contributed by atoms with E-state index in [9.17, 15) is 0 Å². The van der Waals surface area contributed by atoms with Crippen LogP contribution in [0.25, 0.3) is 0 Å². The van der Waals surface area contributed by atoms with E-state index in [0.717, 1.165) is 36.7 Å². The van der Waals surface area contributed by atoms with Crippen molar-refractivity contribution in [1.82, 2.24) is 9.97 Å². The Morgan fingerprint density at radius 3 is 2.38 bits per heavy atom. The lowest BCUT2D eigenvalue weighted by molar-refractivity contribution is 0.00290. The highest BCUT2D eigenvalue weighted by Crippen LogP contribution is 2.30. The number of nitrogens with two attached hydrogens (primary N) is 1. The lowest BCUT2D eigenvalue weighted by atomic mass is 9.89. The van der Waals surface area contributed by atoms with Gasteiger partial charge in [0.15, 0.2) is 0 Å². The van der Waals surface area contributed by atoms with E-state index in [1.165, 1.54) is 0 Å². The van der Waals surface area contributed by atoms with Crippen molar-refractivity contribution < 1.29 is 4.74 Å². The van der Waals surface area contributed by atoms with Crippen LogP contribution in [0.2, 0.25) is 0 Å². The van der Waals surface area contributed by atoms with Gasteiger partial charge in [-0.05, 0) is 26.7 Å². The Morgan fingerprint density at radius 2 is 1.86 bits per heavy atom. The maximum absolute atomic E-state index is 5.59. The molecule has 21 heavy (non-hydrogen) atoms. The van der Waals surface area contributed by atoms with Gasteiger partial charge in [0, 0.05) is 23.6 Å². The number of hydrogen-bond donors (Lipinski definition) is 3. The Morgan fingerprint density at radius 1 is 1.24 bits per heavy atom. The lowest BCUT2D eigenvalue weighted by Gasteiger charge is -2.36. The molecule has 1 heterocycles. The van der Waals surface area contributed by atoms with Gasteiger partial charge in [-0.25, -0.2) is 15.8 Å². The molecule has 1 aliphatic rings. The van der Waals surface area contributed by atoms with Crippen LogP contribution in [-0.4, -0.2) is 28.7 Å². The molecule has 0 amide bonds. The number of ether oxygens (including phenoxy) is 1. The fraction of sp³-hybridized carbons (Fsp3) is 0.733. The molecule has 1 aliphatic carbocycles.